The molecule has 4 saturated carbocycles. The van der Waals surface area contributed by atoms with E-state index in [1.54, 1.807) is 0 Å². The van der Waals surface area contributed by atoms with E-state index in [-0.39, 0.29) is 35.6 Å². The smallest absolute Gasteiger partial charge is 0.0804 e. The van der Waals surface area contributed by atoms with Crippen LogP contribution >= 0.6 is 0 Å². The van der Waals surface area contributed by atoms with Crippen LogP contribution in [0.4, 0.5) is 0 Å². The third kappa shape index (κ3) is 2.55. The predicted octanol–water partition coefficient (Wildman–Crippen LogP) is 2.33. The lowest BCUT2D eigenvalue weighted by Gasteiger charge is -2.62. The van der Waals surface area contributed by atoms with Crippen molar-refractivity contribution >= 4 is 0 Å². The van der Waals surface area contributed by atoms with E-state index in [2.05, 4.69) is 13.8 Å². The molecule has 4 fully saturated rings. The van der Waals surface area contributed by atoms with E-state index in [9.17, 15) is 20.4 Å². The van der Waals surface area contributed by atoms with Gasteiger partial charge in [0.25, 0.3) is 0 Å². The first-order valence-corrected chi connectivity index (χ1v) is 10.5. The van der Waals surface area contributed by atoms with Gasteiger partial charge in [0.1, 0.15) is 0 Å². The van der Waals surface area contributed by atoms with Crippen molar-refractivity contribution in [1.29, 1.82) is 0 Å². The Morgan fingerprint density at radius 1 is 1.00 bits per heavy atom. The molecule has 0 heterocycles. The van der Waals surface area contributed by atoms with Crippen molar-refractivity contribution in [2.45, 2.75) is 83.5 Å². The van der Waals surface area contributed by atoms with Crippen molar-refractivity contribution in [3.05, 3.63) is 0 Å². The zero-order valence-corrected chi connectivity index (χ0v) is 15.8. The van der Waals surface area contributed by atoms with E-state index in [4.69, 9.17) is 0 Å². The molecule has 10 atom stereocenters. The van der Waals surface area contributed by atoms with Crippen molar-refractivity contribution in [3.8, 4) is 0 Å². The average molecular weight is 353 g/mol. The van der Waals surface area contributed by atoms with E-state index in [0.717, 1.165) is 44.9 Å². The van der Waals surface area contributed by atoms with Crippen LogP contribution in [0.15, 0.2) is 0 Å². The molecule has 0 saturated heterocycles. The monoisotopic (exact) mass is 352 g/mol. The molecule has 4 heteroatoms. The second-order valence-corrected chi connectivity index (χ2v) is 10.2. The topological polar surface area (TPSA) is 80.9 Å². The zero-order chi connectivity index (χ0) is 18.0. The molecule has 4 N–H and O–H groups in total. The minimum absolute atomic E-state index is 0.0554. The molecular weight excluding hydrogens is 316 g/mol. The van der Waals surface area contributed by atoms with Crippen molar-refractivity contribution in [1.82, 2.24) is 0 Å². The number of fused-ring (bicyclic) bond motifs is 5. The van der Waals surface area contributed by atoms with Crippen LogP contribution in [0.5, 0.6) is 0 Å². The Morgan fingerprint density at radius 3 is 2.48 bits per heavy atom. The van der Waals surface area contributed by atoms with E-state index in [0.29, 0.717) is 23.7 Å². The Labute approximate surface area is 151 Å². The first kappa shape index (κ1) is 18.2. The number of aliphatic hydroxyl groups excluding tert-OH is 4. The van der Waals surface area contributed by atoms with E-state index in [1.807, 2.05) is 0 Å². The summed E-state index contributed by atoms with van der Waals surface area (Å²) in [5, 5.41) is 41.2. The molecule has 0 radical (unpaired) electrons. The van der Waals surface area contributed by atoms with Crippen LogP contribution in [-0.2, 0) is 0 Å². The lowest BCUT2D eigenvalue weighted by Crippen LogP contribution is -2.59. The number of rotatable bonds is 2. The maximum atomic E-state index is 11.3. The highest BCUT2D eigenvalue weighted by atomic mass is 16.3. The summed E-state index contributed by atoms with van der Waals surface area (Å²) < 4.78 is 0. The summed E-state index contributed by atoms with van der Waals surface area (Å²) in [4.78, 5) is 0. The number of aliphatic hydroxyl groups is 4. The fourth-order valence-corrected chi connectivity index (χ4v) is 8.16. The van der Waals surface area contributed by atoms with Crippen LogP contribution in [0.25, 0.3) is 0 Å². The lowest BCUT2D eigenvalue weighted by molar-refractivity contribution is -0.183. The molecule has 0 aromatic rings. The largest absolute Gasteiger partial charge is 0.394 e. The summed E-state index contributed by atoms with van der Waals surface area (Å²) in [6.45, 7) is 4.46. The van der Waals surface area contributed by atoms with Gasteiger partial charge in [0.2, 0.25) is 0 Å². The Balaban J connectivity index is 1.64. The van der Waals surface area contributed by atoms with Crippen LogP contribution in [0.2, 0.25) is 0 Å². The molecule has 0 aromatic carbocycles. The highest BCUT2D eigenvalue weighted by Crippen LogP contribution is 2.67. The van der Waals surface area contributed by atoms with Gasteiger partial charge in [-0.25, -0.2) is 0 Å². The van der Waals surface area contributed by atoms with Gasteiger partial charge >= 0.3 is 0 Å². The van der Waals surface area contributed by atoms with Gasteiger partial charge in [-0.3, -0.25) is 0 Å². The molecule has 4 aliphatic rings. The van der Waals surface area contributed by atoms with E-state index >= 15 is 0 Å². The minimum atomic E-state index is -0.657. The Hall–Kier alpha value is -0.160. The normalized spacial score (nSPS) is 56.6. The Morgan fingerprint density at radius 2 is 1.76 bits per heavy atom. The number of hydrogen-bond acceptors (Lipinski definition) is 4. The van der Waals surface area contributed by atoms with Crippen LogP contribution in [-0.4, -0.2) is 45.3 Å². The van der Waals surface area contributed by atoms with Gasteiger partial charge in [-0.2, -0.15) is 0 Å². The molecule has 4 rings (SSSR count). The molecule has 4 nitrogen and oxygen atoms in total. The van der Waals surface area contributed by atoms with Gasteiger partial charge in [-0.1, -0.05) is 13.8 Å². The third-order valence-corrected chi connectivity index (χ3v) is 9.29. The van der Waals surface area contributed by atoms with Crippen molar-refractivity contribution in [2.24, 2.45) is 40.4 Å². The summed E-state index contributed by atoms with van der Waals surface area (Å²) in [6.07, 6.45) is 6.84. The standard InChI is InChI=1S/C21H36O4/c1-20-8-7-13(23)9-12(20)3-4-14-15-5-6-16(18(25)11-22)21(15,2)10-17(24)19(14)20/h12-19,22-25H,3-11H2,1-2H3/t12?,13?,14-,15-,16+,17?,18?,19+,20-,21-/m0/s1. The second-order valence-electron chi connectivity index (χ2n) is 10.2. The Bertz CT molecular complexity index is 510. The van der Waals surface area contributed by atoms with Gasteiger partial charge in [-0.05, 0) is 91.8 Å². The molecule has 0 aromatic heterocycles. The molecule has 25 heavy (non-hydrogen) atoms. The maximum absolute atomic E-state index is 11.3. The average Bonchev–Trinajstić information content (AvgIpc) is 2.91. The predicted molar refractivity (Wildman–Crippen MR) is 95.7 cm³/mol. The molecule has 4 unspecified atom stereocenters. The van der Waals surface area contributed by atoms with Gasteiger partial charge in [-0.15, -0.1) is 0 Å². The third-order valence-electron chi connectivity index (χ3n) is 9.29. The summed E-state index contributed by atoms with van der Waals surface area (Å²) >= 11 is 0. The van der Waals surface area contributed by atoms with Gasteiger partial charge in [0.05, 0.1) is 24.9 Å². The van der Waals surface area contributed by atoms with Crippen LogP contribution < -0.4 is 0 Å². The first-order chi connectivity index (χ1) is 11.8. The zero-order valence-electron chi connectivity index (χ0n) is 15.8. The molecule has 0 bridgehead atoms. The van der Waals surface area contributed by atoms with Gasteiger partial charge < -0.3 is 20.4 Å². The van der Waals surface area contributed by atoms with Crippen LogP contribution in [0.3, 0.4) is 0 Å². The maximum Gasteiger partial charge on any atom is 0.0804 e. The lowest BCUT2D eigenvalue weighted by atomic mass is 9.44. The summed E-state index contributed by atoms with van der Waals surface area (Å²) in [7, 11) is 0. The van der Waals surface area contributed by atoms with Crippen molar-refractivity contribution in [2.75, 3.05) is 6.61 Å². The fourth-order valence-electron chi connectivity index (χ4n) is 8.16. The second kappa shape index (κ2) is 6.19. The first-order valence-electron chi connectivity index (χ1n) is 10.5. The van der Waals surface area contributed by atoms with Gasteiger partial charge in [0, 0.05) is 0 Å². The van der Waals surface area contributed by atoms with E-state index in [1.165, 1.54) is 6.42 Å². The van der Waals surface area contributed by atoms with Crippen molar-refractivity contribution < 1.29 is 20.4 Å². The van der Waals surface area contributed by atoms with Crippen LogP contribution in [0.1, 0.15) is 65.2 Å². The molecule has 144 valence electrons. The fraction of sp³-hybridized carbons (Fsp3) is 1.00. The van der Waals surface area contributed by atoms with Crippen LogP contribution in [0, 0.1) is 40.4 Å². The van der Waals surface area contributed by atoms with Crippen molar-refractivity contribution in [3.63, 3.8) is 0 Å². The summed E-state index contributed by atoms with van der Waals surface area (Å²) in [6, 6.07) is 0. The molecule has 0 amide bonds. The molecule has 0 spiro atoms. The van der Waals surface area contributed by atoms with E-state index < -0.39 is 6.10 Å². The molecular formula is C21H36O4. The highest BCUT2D eigenvalue weighted by molar-refractivity contribution is 5.12. The Kier molecular flexibility index (Phi) is 4.51. The highest BCUT2D eigenvalue weighted by Gasteiger charge is 2.63. The quantitative estimate of drug-likeness (QED) is 0.615. The summed E-state index contributed by atoms with van der Waals surface area (Å²) in [5.41, 5.74) is 0.0939. The SMILES string of the molecule is C[C@]12CC(O)[C@H]3[C@@H](CCC4CC(O)CC[C@@]43C)[C@@H]1CC[C@@H]2C(O)CO. The minimum Gasteiger partial charge on any atom is -0.394 e. The van der Waals surface area contributed by atoms with Gasteiger partial charge in [0.15, 0.2) is 0 Å². The molecule has 4 aliphatic carbocycles. The number of hydrogen-bond donors (Lipinski definition) is 4. The molecule has 0 aliphatic heterocycles. The summed E-state index contributed by atoms with van der Waals surface area (Å²) in [5.74, 6) is 2.06.